The lowest BCUT2D eigenvalue weighted by Gasteiger charge is -2.19. The third-order valence-corrected chi connectivity index (χ3v) is 5.24. The number of nitrogens with zero attached hydrogens (tertiary/aromatic N) is 3. The third kappa shape index (κ3) is 3.13. The number of fused-ring (bicyclic) bond motifs is 1. The molecule has 0 aliphatic heterocycles. The number of nitrogens with two attached hydrogens (primary N) is 1. The van der Waals surface area contributed by atoms with Gasteiger partial charge in [-0.05, 0) is 40.6 Å². The molecule has 4 aromatic rings. The van der Waals surface area contributed by atoms with E-state index in [9.17, 15) is 5.26 Å². The molecule has 0 fully saturated rings. The second-order valence-corrected chi connectivity index (χ2v) is 8.29. The van der Waals surface area contributed by atoms with Gasteiger partial charge in [0.25, 0.3) is 5.82 Å². The summed E-state index contributed by atoms with van der Waals surface area (Å²) in [4.78, 5) is 4.57. The smallest absolute Gasteiger partial charge is 0.359 e. The molecule has 0 saturated heterocycles. The number of aromatic amines is 1. The van der Waals surface area contributed by atoms with E-state index in [1.807, 2.05) is 41.9 Å². The Kier molecular flexibility index (Phi) is 4.35. The second-order valence-electron chi connectivity index (χ2n) is 8.29. The zero-order valence-corrected chi connectivity index (χ0v) is 17.1. The molecule has 3 N–H and O–H groups in total. The lowest BCUT2D eigenvalue weighted by molar-refractivity contribution is -0.632. The molecule has 0 radical (unpaired) electrons. The van der Waals surface area contributed by atoms with Crippen molar-refractivity contribution in [1.29, 1.82) is 5.26 Å². The summed E-state index contributed by atoms with van der Waals surface area (Å²) in [6, 6.07) is 20.6. The van der Waals surface area contributed by atoms with Gasteiger partial charge in [0, 0.05) is 5.56 Å². The molecule has 0 amide bonds. The number of rotatable bonds is 2. The van der Waals surface area contributed by atoms with E-state index in [0.717, 1.165) is 27.9 Å². The predicted octanol–water partition coefficient (Wildman–Crippen LogP) is 4.57. The van der Waals surface area contributed by atoms with Gasteiger partial charge in [0.2, 0.25) is 0 Å². The zero-order valence-electron chi connectivity index (χ0n) is 17.1. The Morgan fingerprint density at radius 3 is 2.28 bits per heavy atom. The molecule has 5 nitrogen and oxygen atoms in total. The number of pyridine rings is 1. The van der Waals surface area contributed by atoms with Gasteiger partial charge >= 0.3 is 5.65 Å². The Bertz CT molecular complexity index is 1240. The van der Waals surface area contributed by atoms with Crippen LogP contribution in [0.15, 0.2) is 54.6 Å². The summed E-state index contributed by atoms with van der Waals surface area (Å²) in [6.45, 7) is 8.55. The molecule has 0 aliphatic rings. The van der Waals surface area contributed by atoms with Crippen molar-refractivity contribution < 1.29 is 4.68 Å². The molecule has 0 bridgehead atoms. The van der Waals surface area contributed by atoms with Crippen molar-refractivity contribution >= 4 is 16.9 Å². The molecule has 5 heteroatoms. The predicted molar refractivity (Wildman–Crippen MR) is 116 cm³/mol. The molecule has 4 rings (SSSR count). The quantitative estimate of drug-likeness (QED) is 0.498. The number of nitrogens with one attached hydrogen (secondary N) is 1. The van der Waals surface area contributed by atoms with E-state index in [2.05, 4.69) is 61.2 Å². The minimum atomic E-state index is 0.0590. The van der Waals surface area contributed by atoms with Crippen molar-refractivity contribution in [2.75, 3.05) is 5.73 Å². The summed E-state index contributed by atoms with van der Waals surface area (Å²) < 4.78 is 1.91. The van der Waals surface area contributed by atoms with Crippen LogP contribution in [0.25, 0.3) is 27.8 Å². The van der Waals surface area contributed by atoms with Gasteiger partial charge in [0.15, 0.2) is 5.69 Å². The van der Waals surface area contributed by atoms with Gasteiger partial charge in [-0.2, -0.15) is 5.26 Å². The summed E-state index contributed by atoms with van der Waals surface area (Å²) >= 11 is 0. The molecule has 144 valence electrons. The summed E-state index contributed by atoms with van der Waals surface area (Å²) in [7, 11) is 0. The van der Waals surface area contributed by atoms with Crippen LogP contribution in [0.3, 0.4) is 0 Å². The Balaban J connectivity index is 2.03. The summed E-state index contributed by atoms with van der Waals surface area (Å²) in [5.41, 5.74) is 12.3. The van der Waals surface area contributed by atoms with Crippen molar-refractivity contribution in [1.82, 2.24) is 10.1 Å². The van der Waals surface area contributed by atoms with E-state index >= 15 is 0 Å². The fourth-order valence-electron chi connectivity index (χ4n) is 3.69. The molecule has 0 atom stereocenters. The van der Waals surface area contributed by atoms with Gasteiger partial charge in [0.05, 0.1) is 5.69 Å². The monoisotopic (exact) mass is 382 g/mol. The first-order chi connectivity index (χ1) is 13.8. The molecule has 29 heavy (non-hydrogen) atoms. The van der Waals surface area contributed by atoms with Crippen LogP contribution >= 0.6 is 0 Å². The van der Waals surface area contributed by atoms with Gasteiger partial charge < -0.3 is 5.73 Å². The van der Waals surface area contributed by atoms with Gasteiger partial charge in [-0.1, -0.05) is 63.2 Å². The number of aromatic nitrogens is 3. The summed E-state index contributed by atoms with van der Waals surface area (Å²) in [6.07, 6.45) is 0. The van der Waals surface area contributed by atoms with Gasteiger partial charge in [-0.3, -0.25) is 0 Å². The second kappa shape index (κ2) is 6.75. The molecule has 0 unspecified atom stereocenters. The minimum absolute atomic E-state index is 0.0590. The number of H-pyrrole nitrogens is 1. The first kappa shape index (κ1) is 18.7. The fraction of sp³-hybridized carbons (Fsp3) is 0.208. The molecule has 2 heterocycles. The SMILES string of the molecule is Cc1[nH][n+](-c2ccccc2)c2nc(N)c(C#N)c(-c3ccc(C(C)(C)C)cc3)c12. The van der Waals surface area contributed by atoms with Crippen LogP contribution in [0.2, 0.25) is 0 Å². The van der Waals surface area contributed by atoms with E-state index in [0.29, 0.717) is 11.2 Å². The Morgan fingerprint density at radius 1 is 1.03 bits per heavy atom. The normalized spacial score (nSPS) is 11.6. The first-order valence-corrected chi connectivity index (χ1v) is 9.61. The van der Waals surface area contributed by atoms with Gasteiger partial charge in [0.1, 0.15) is 17.0 Å². The number of nitriles is 1. The highest BCUT2D eigenvalue weighted by Crippen LogP contribution is 2.35. The molecular weight excluding hydrogens is 358 g/mol. The lowest BCUT2D eigenvalue weighted by Crippen LogP contribution is -2.33. The van der Waals surface area contributed by atoms with Crippen LogP contribution in [0.1, 0.15) is 37.6 Å². The highest BCUT2D eigenvalue weighted by Gasteiger charge is 2.28. The Hall–Kier alpha value is -3.65. The average Bonchev–Trinajstić information content (AvgIpc) is 3.03. The first-order valence-electron chi connectivity index (χ1n) is 9.61. The molecule has 0 aliphatic carbocycles. The zero-order chi connectivity index (χ0) is 20.8. The maximum atomic E-state index is 9.83. The van der Waals surface area contributed by atoms with Crippen molar-refractivity contribution in [3.05, 3.63) is 71.4 Å². The van der Waals surface area contributed by atoms with E-state index in [-0.39, 0.29) is 11.2 Å². The Labute approximate surface area is 170 Å². The standard InChI is InChI=1S/C24H23N5/c1-15-20-21(16-10-12-17(13-11-16)24(2,3)4)19(14-25)22(26)27-23(20)29(28-15)18-8-6-5-7-9-18/h5-13H,1-4H3,(H2,26,27,28)/p+1. The number of para-hydroxylation sites is 1. The van der Waals surface area contributed by atoms with Crippen LogP contribution in [-0.2, 0) is 5.41 Å². The topological polar surface area (TPSA) is 82.4 Å². The lowest BCUT2D eigenvalue weighted by atomic mass is 9.85. The number of hydrogen-bond donors (Lipinski definition) is 2. The van der Waals surface area contributed by atoms with Crippen LogP contribution in [-0.4, -0.2) is 10.1 Å². The Morgan fingerprint density at radius 2 is 1.69 bits per heavy atom. The van der Waals surface area contributed by atoms with E-state index in [4.69, 9.17) is 5.73 Å². The summed E-state index contributed by atoms with van der Waals surface area (Å²) in [5.74, 6) is 0.235. The van der Waals surface area contributed by atoms with Gasteiger partial charge in [-0.25, -0.2) is 5.10 Å². The van der Waals surface area contributed by atoms with Crippen LogP contribution < -0.4 is 10.4 Å². The van der Waals surface area contributed by atoms with Crippen molar-refractivity contribution in [3.63, 3.8) is 0 Å². The minimum Gasteiger partial charge on any atom is -0.362 e. The molecule has 0 saturated carbocycles. The fourth-order valence-corrected chi connectivity index (χ4v) is 3.69. The van der Waals surface area contributed by atoms with Gasteiger partial charge in [-0.15, -0.1) is 4.68 Å². The van der Waals surface area contributed by atoms with Crippen LogP contribution in [0, 0.1) is 18.3 Å². The van der Waals surface area contributed by atoms with Crippen molar-refractivity contribution in [3.8, 4) is 22.9 Å². The number of benzene rings is 2. The van der Waals surface area contributed by atoms with Crippen molar-refractivity contribution in [2.24, 2.45) is 0 Å². The third-order valence-electron chi connectivity index (χ3n) is 5.24. The maximum Gasteiger partial charge on any atom is 0.359 e. The number of nitrogen functional groups attached to an aromatic ring is 1. The number of aryl methyl sites for hydroxylation is 1. The maximum absolute atomic E-state index is 9.83. The van der Waals surface area contributed by atoms with Crippen LogP contribution in [0.5, 0.6) is 0 Å². The van der Waals surface area contributed by atoms with E-state index in [1.54, 1.807) is 0 Å². The van der Waals surface area contributed by atoms with E-state index in [1.165, 1.54) is 5.56 Å². The molecule has 2 aromatic heterocycles. The van der Waals surface area contributed by atoms with E-state index < -0.39 is 0 Å². The summed E-state index contributed by atoms with van der Waals surface area (Å²) in [5, 5.41) is 14.1. The number of anilines is 1. The average molecular weight is 382 g/mol. The number of hydrogen-bond acceptors (Lipinski definition) is 3. The van der Waals surface area contributed by atoms with Crippen molar-refractivity contribution in [2.45, 2.75) is 33.1 Å². The molecule has 2 aromatic carbocycles. The largest absolute Gasteiger partial charge is 0.362 e. The van der Waals surface area contributed by atoms with Crippen LogP contribution in [0.4, 0.5) is 5.82 Å². The highest BCUT2D eigenvalue weighted by atomic mass is 15.3. The highest BCUT2D eigenvalue weighted by molar-refractivity contribution is 5.98. The molecular formula is C24H24N5+. The molecule has 0 spiro atoms.